The zero-order valence-electron chi connectivity index (χ0n) is 22.6. The molecule has 0 bridgehead atoms. The highest BCUT2D eigenvalue weighted by Gasteiger charge is 2.19. The molecule has 4 aromatic carbocycles. The molecule has 0 atom stereocenters. The van der Waals surface area contributed by atoms with Crippen LogP contribution in [0.5, 0.6) is 11.5 Å². The minimum Gasteiger partial charge on any atom is -0.497 e. The fraction of sp³-hybridized carbons (Fsp3) is 0.138. The van der Waals surface area contributed by atoms with Crippen LogP contribution in [0.3, 0.4) is 0 Å². The summed E-state index contributed by atoms with van der Waals surface area (Å²) in [6.07, 6.45) is 1.14. The molecule has 10 nitrogen and oxygen atoms in total. The van der Waals surface area contributed by atoms with Gasteiger partial charge in [-0.25, -0.2) is 16.8 Å². The van der Waals surface area contributed by atoms with E-state index in [0.717, 1.165) is 6.26 Å². The second kappa shape index (κ2) is 12.3. The fourth-order valence-corrected chi connectivity index (χ4v) is 5.89. The number of hydrogen-bond donors (Lipinski definition) is 2. The van der Waals surface area contributed by atoms with Crippen LogP contribution in [0.4, 0.5) is 17.1 Å². The van der Waals surface area contributed by atoms with Crippen LogP contribution in [0.2, 0.25) is 0 Å². The number of nitrogens with one attached hydrogen (secondary N) is 2. The average molecular weight is 596 g/mol. The second-order valence-electron chi connectivity index (χ2n) is 8.95. The first-order chi connectivity index (χ1) is 19.5. The van der Waals surface area contributed by atoms with E-state index in [1.807, 2.05) is 0 Å². The lowest BCUT2D eigenvalue weighted by Gasteiger charge is -2.22. The number of anilines is 3. The van der Waals surface area contributed by atoms with Crippen molar-refractivity contribution in [1.82, 2.24) is 0 Å². The molecule has 0 heterocycles. The molecule has 4 aromatic rings. The molecule has 0 aromatic heterocycles. The number of amides is 1. The minimum absolute atomic E-state index is 0.0152. The highest BCUT2D eigenvalue weighted by molar-refractivity contribution is 7.92. The second-order valence-corrected chi connectivity index (χ2v) is 12.5. The molecule has 41 heavy (non-hydrogen) atoms. The van der Waals surface area contributed by atoms with Crippen LogP contribution in [0.1, 0.15) is 15.9 Å². The van der Waals surface area contributed by atoms with E-state index >= 15 is 0 Å². The van der Waals surface area contributed by atoms with Crippen LogP contribution in [-0.2, 0) is 26.6 Å². The fourth-order valence-electron chi connectivity index (χ4n) is 3.94. The van der Waals surface area contributed by atoms with Gasteiger partial charge in [-0.3, -0.25) is 13.8 Å². The molecule has 0 fully saturated rings. The van der Waals surface area contributed by atoms with E-state index in [9.17, 15) is 21.6 Å². The number of nitrogens with zero attached hydrogens (tertiary/aromatic N) is 1. The van der Waals surface area contributed by atoms with Gasteiger partial charge in [0.05, 0.1) is 43.3 Å². The van der Waals surface area contributed by atoms with Crippen molar-refractivity contribution in [3.8, 4) is 11.5 Å². The van der Waals surface area contributed by atoms with Crippen LogP contribution >= 0.6 is 0 Å². The zero-order chi connectivity index (χ0) is 29.6. The Labute approximate surface area is 239 Å². The number of para-hydroxylation sites is 1. The van der Waals surface area contributed by atoms with Gasteiger partial charge in [0.1, 0.15) is 11.5 Å². The summed E-state index contributed by atoms with van der Waals surface area (Å²) < 4.78 is 64.8. The Morgan fingerprint density at radius 1 is 0.805 bits per heavy atom. The first kappa shape index (κ1) is 29.4. The van der Waals surface area contributed by atoms with Gasteiger partial charge in [-0.05, 0) is 66.2 Å². The molecule has 2 N–H and O–H groups in total. The summed E-state index contributed by atoms with van der Waals surface area (Å²) >= 11 is 0. The quantitative estimate of drug-likeness (QED) is 0.256. The van der Waals surface area contributed by atoms with Gasteiger partial charge in [0.25, 0.3) is 15.9 Å². The molecule has 12 heteroatoms. The predicted octanol–water partition coefficient (Wildman–Crippen LogP) is 4.72. The molecule has 0 unspecified atom stereocenters. The third kappa shape index (κ3) is 7.35. The number of hydrogen-bond acceptors (Lipinski definition) is 7. The highest BCUT2D eigenvalue weighted by atomic mass is 32.2. The Hall–Kier alpha value is -4.55. The number of methoxy groups -OCH3 is 2. The third-order valence-electron chi connectivity index (χ3n) is 6.06. The first-order valence-electron chi connectivity index (χ1n) is 12.3. The molecule has 0 saturated carbocycles. The zero-order valence-corrected chi connectivity index (χ0v) is 24.2. The summed E-state index contributed by atoms with van der Waals surface area (Å²) in [6, 6.07) is 25.8. The lowest BCUT2D eigenvalue weighted by atomic mass is 10.1. The van der Waals surface area contributed by atoms with Crippen molar-refractivity contribution in [2.75, 3.05) is 34.8 Å². The van der Waals surface area contributed by atoms with Crippen LogP contribution < -0.4 is 23.8 Å². The van der Waals surface area contributed by atoms with E-state index in [2.05, 4.69) is 10.0 Å². The van der Waals surface area contributed by atoms with Crippen LogP contribution in [0, 0.1) is 0 Å². The Balaban J connectivity index is 1.43. The normalized spacial score (nSPS) is 11.4. The number of rotatable bonds is 11. The summed E-state index contributed by atoms with van der Waals surface area (Å²) in [7, 11) is -4.58. The van der Waals surface area contributed by atoms with Crippen molar-refractivity contribution in [2.24, 2.45) is 0 Å². The average Bonchev–Trinajstić information content (AvgIpc) is 2.96. The summed E-state index contributed by atoms with van der Waals surface area (Å²) in [5.74, 6) is 0.376. The van der Waals surface area contributed by atoms with Crippen LogP contribution in [0.15, 0.2) is 102 Å². The van der Waals surface area contributed by atoms with Crippen molar-refractivity contribution in [1.29, 1.82) is 0 Å². The van der Waals surface area contributed by atoms with E-state index in [1.54, 1.807) is 66.7 Å². The van der Waals surface area contributed by atoms with Crippen LogP contribution in [0.25, 0.3) is 0 Å². The molecule has 0 aliphatic rings. The van der Waals surface area contributed by atoms with Gasteiger partial charge in [0, 0.05) is 17.3 Å². The maximum atomic E-state index is 12.9. The summed E-state index contributed by atoms with van der Waals surface area (Å²) in [4.78, 5) is 12.8. The number of benzene rings is 4. The molecule has 1 amide bonds. The van der Waals surface area contributed by atoms with Gasteiger partial charge in [0.15, 0.2) is 0 Å². The van der Waals surface area contributed by atoms with Crippen molar-refractivity contribution in [3.05, 3.63) is 108 Å². The standard InChI is InChI=1S/C29H29N3O7S2/c1-38-25-15-18-28(39-2)27(19-25)31-41(36,37)26-16-13-23(14-17-26)30-29(33)22-11-9-21(10-12-22)20-32(40(3,34)35)24-7-5-4-6-8-24/h4-19,31H,20H2,1-3H3,(H,30,33). The third-order valence-corrected chi connectivity index (χ3v) is 8.58. The molecule has 4 rings (SSSR count). The maximum Gasteiger partial charge on any atom is 0.262 e. The number of ether oxygens (including phenoxy) is 2. The SMILES string of the molecule is COc1ccc(OC)c(NS(=O)(=O)c2ccc(NC(=O)c3ccc(CN(c4ccccc4)S(C)(=O)=O)cc3)cc2)c1. The smallest absolute Gasteiger partial charge is 0.262 e. The molecule has 0 radical (unpaired) electrons. The molecule has 0 aliphatic carbocycles. The van der Waals surface area contributed by atoms with E-state index in [1.165, 1.54) is 48.9 Å². The summed E-state index contributed by atoms with van der Waals surface area (Å²) in [5, 5.41) is 2.73. The van der Waals surface area contributed by atoms with Crippen molar-refractivity contribution in [2.45, 2.75) is 11.4 Å². The largest absolute Gasteiger partial charge is 0.497 e. The maximum absolute atomic E-state index is 12.9. The Morgan fingerprint density at radius 3 is 2.05 bits per heavy atom. The summed E-state index contributed by atoms with van der Waals surface area (Å²) in [5.41, 5.74) is 2.20. The van der Waals surface area contributed by atoms with Crippen molar-refractivity contribution >= 4 is 43.0 Å². The molecule has 214 valence electrons. The lowest BCUT2D eigenvalue weighted by molar-refractivity contribution is 0.102. The van der Waals surface area contributed by atoms with E-state index in [0.29, 0.717) is 34.0 Å². The number of carbonyl (C=O) groups excluding carboxylic acids is 1. The number of carbonyl (C=O) groups is 1. The van der Waals surface area contributed by atoms with E-state index in [4.69, 9.17) is 9.47 Å². The number of sulfonamides is 2. The molecular formula is C29H29N3O7S2. The minimum atomic E-state index is -3.96. The first-order valence-corrected chi connectivity index (χ1v) is 15.6. The Kier molecular flexibility index (Phi) is 8.84. The topological polar surface area (TPSA) is 131 Å². The monoisotopic (exact) mass is 595 g/mol. The highest BCUT2D eigenvalue weighted by Crippen LogP contribution is 2.31. The van der Waals surface area contributed by atoms with Gasteiger partial charge in [-0.1, -0.05) is 30.3 Å². The van der Waals surface area contributed by atoms with Crippen molar-refractivity contribution < 1.29 is 31.1 Å². The predicted molar refractivity (Wildman–Crippen MR) is 159 cm³/mol. The van der Waals surface area contributed by atoms with Gasteiger partial charge in [-0.15, -0.1) is 0 Å². The van der Waals surface area contributed by atoms with Crippen molar-refractivity contribution in [3.63, 3.8) is 0 Å². The van der Waals surface area contributed by atoms with E-state index < -0.39 is 26.0 Å². The molecular weight excluding hydrogens is 566 g/mol. The summed E-state index contributed by atoms with van der Waals surface area (Å²) in [6.45, 7) is 0.107. The lowest BCUT2D eigenvalue weighted by Crippen LogP contribution is -2.29. The molecule has 0 aliphatic heterocycles. The molecule has 0 saturated heterocycles. The van der Waals surface area contributed by atoms with Gasteiger partial charge >= 0.3 is 0 Å². The van der Waals surface area contributed by atoms with E-state index in [-0.39, 0.29) is 17.1 Å². The van der Waals surface area contributed by atoms with Gasteiger partial charge in [0.2, 0.25) is 10.0 Å². The van der Waals surface area contributed by atoms with Gasteiger partial charge < -0.3 is 14.8 Å². The Morgan fingerprint density at radius 2 is 1.46 bits per heavy atom. The van der Waals surface area contributed by atoms with Crippen LogP contribution in [-0.4, -0.2) is 43.2 Å². The molecule has 0 spiro atoms. The van der Waals surface area contributed by atoms with Gasteiger partial charge in [-0.2, -0.15) is 0 Å². The Bertz CT molecular complexity index is 1730.